The van der Waals surface area contributed by atoms with Crippen LogP contribution in [0.1, 0.15) is 80.5 Å². The Balaban J connectivity index is 0.959. The minimum Gasteiger partial charge on any atom is -0.454 e. The van der Waals surface area contributed by atoms with E-state index in [-0.39, 0.29) is 33.0 Å². The summed E-state index contributed by atoms with van der Waals surface area (Å²) < 4.78 is 104. The zero-order chi connectivity index (χ0) is 65.2. The minimum absolute atomic E-state index is 0.147. The molecular formula is C77H90O17. The predicted octanol–water partition coefficient (Wildman–Crippen LogP) is 12.0. The molecule has 11 rings (SSSR count). The van der Waals surface area contributed by atoms with E-state index in [0.29, 0.717) is 19.8 Å². The maximum absolute atomic E-state index is 13.0. The smallest absolute Gasteiger partial charge is 0.303 e. The molecule has 1 N–H and O–H groups in total. The summed E-state index contributed by atoms with van der Waals surface area (Å²) in [6.45, 7) is 12.8. The van der Waals surface area contributed by atoms with Crippen molar-refractivity contribution in [2.24, 2.45) is 11.8 Å². The van der Waals surface area contributed by atoms with E-state index < -0.39 is 128 Å². The molecule has 17 heteroatoms. The first-order valence-corrected chi connectivity index (χ1v) is 32.9. The van der Waals surface area contributed by atoms with Gasteiger partial charge in [-0.25, -0.2) is 0 Å². The molecule has 500 valence electrons. The Hall–Kier alpha value is -6.59. The second kappa shape index (κ2) is 34.4. The Kier molecular flexibility index (Phi) is 25.2. The number of benzene rings is 7. The number of hydrogen-bond acceptors (Lipinski definition) is 17. The van der Waals surface area contributed by atoms with Crippen molar-refractivity contribution in [2.75, 3.05) is 6.61 Å². The maximum Gasteiger partial charge on any atom is 0.303 e. The van der Waals surface area contributed by atoms with Crippen LogP contribution in [0.25, 0.3) is 0 Å². The third kappa shape index (κ3) is 18.5. The lowest BCUT2D eigenvalue weighted by atomic mass is 9.89. The molecule has 4 saturated heterocycles. The summed E-state index contributed by atoms with van der Waals surface area (Å²) in [4.78, 5) is 13.0. The van der Waals surface area contributed by atoms with Crippen molar-refractivity contribution in [1.82, 2.24) is 0 Å². The number of hydrogen-bond donors (Lipinski definition) is 1. The largest absolute Gasteiger partial charge is 0.454 e. The van der Waals surface area contributed by atoms with Crippen LogP contribution in [0.2, 0.25) is 0 Å². The van der Waals surface area contributed by atoms with Crippen LogP contribution in [-0.2, 0) is 122 Å². The third-order valence-corrected chi connectivity index (χ3v) is 17.8. The van der Waals surface area contributed by atoms with Crippen molar-refractivity contribution in [3.8, 4) is 0 Å². The SMILES string of the molecule is CC(=O)OC1C(O)OC(C)[C@H](OCc2ccccc2)[C@H]1O[C@@H]1OC(C)[C@H](OCc2ccccc2)[C@@H](OCc2ccccc2)C1O[C@@H]1OC(C)[C@H](OCc2ccccc2)[C@@H](O[C@H]2O[C@H](COCc3ccccc3)[C@@H](OCc3ccccc3)C(OCc3ccccc3)C2C)C1C. The van der Waals surface area contributed by atoms with Gasteiger partial charge in [-0.05, 0) is 59.7 Å². The van der Waals surface area contributed by atoms with Crippen LogP contribution in [0.4, 0.5) is 0 Å². The van der Waals surface area contributed by atoms with Gasteiger partial charge in [-0.15, -0.1) is 0 Å². The molecule has 0 radical (unpaired) electrons. The highest BCUT2D eigenvalue weighted by Gasteiger charge is 2.57. The van der Waals surface area contributed by atoms with Crippen molar-refractivity contribution in [3.05, 3.63) is 251 Å². The fourth-order valence-corrected chi connectivity index (χ4v) is 12.8. The van der Waals surface area contributed by atoms with Crippen molar-refractivity contribution in [2.45, 2.75) is 198 Å². The Morgan fingerprint density at radius 3 is 1.06 bits per heavy atom. The standard InChI is InChI=1S/C77H90O17/c1-50-64(81-43-57-30-16-8-17-31-57)69(85-47-61-38-24-12-25-39-61)63(49-80-42-56-28-14-7-15-29-56)91-76(50)92-65-51(2)75(88-53(4)66(65)82-44-58-32-18-9-19-33-58)94-73-70(86-48-62-40-26-13-27-41-62)67(83-45-59-34-20-10-21-35-59)54(5)89-77(73)93-71-68(84-46-60-36-22-11-23-37-60)52(3)87-74(79)72(71)90-55(6)78/h7-41,50-54,63-77,79H,42-49H2,1-6H3/t50?,51?,52?,53?,54?,63-,64?,65+,66+,67+,68+,69-,70-,71-,72?,73?,74?,75+,76-,77+/m1/s1. The first-order valence-electron chi connectivity index (χ1n) is 32.9. The number of esters is 1. The molecule has 9 unspecified atom stereocenters. The Bertz CT molecular complexity index is 3290. The monoisotopic (exact) mass is 1290 g/mol. The van der Waals surface area contributed by atoms with Gasteiger partial charge in [0.2, 0.25) is 0 Å². The summed E-state index contributed by atoms with van der Waals surface area (Å²) in [6.07, 6.45) is -16.7. The van der Waals surface area contributed by atoms with Gasteiger partial charge in [0, 0.05) is 18.8 Å². The lowest BCUT2D eigenvalue weighted by molar-refractivity contribution is -0.394. The van der Waals surface area contributed by atoms with Crippen LogP contribution in [0, 0.1) is 11.8 Å². The summed E-state index contributed by atoms with van der Waals surface area (Å²) >= 11 is 0. The van der Waals surface area contributed by atoms with Gasteiger partial charge in [-0.3, -0.25) is 4.79 Å². The van der Waals surface area contributed by atoms with E-state index >= 15 is 0 Å². The lowest BCUT2D eigenvalue weighted by Crippen LogP contribution is -2.66. The zero-order valence-electron chi connectivity index (χ0n) is 54.4. The highest BCUT2D eigenvalue weighted by molar-refractivity contribution is 5.66. The molecule has 4 aliphatic rings. The second-order valence-corrected chi connectivity index (χ2v) is 24.9. The molecule has 0 spiro atoms. The molecule has 0 amide bonds. The molecule has 17 nitrogen and oxygen atoms in total. The molecule has 20 atom stereocenters. The predicted molar refractivity (Wildman–Crippen MR) is 349 cm³/mol. The average Bonchev–Trinajstić information content (AvgIpc) is 0.778. The molecular weight excluding hydrogens is 1200 g/mol. The van der Waals surface area contributed by atoms with E-state index in [2.05, 4.69) is 6.92 Å². The summed E-state index contributed by atoms with van der Waals surface area (Å²) in [6, 6.07) is 69.5. The van der Waals surface area contributed by atoms with E-state index in [1.54, 1.807) is 6.92 Å². The number of carbonyl (C=O) groups excluding carboxylic acids is 1. The minimum atomic E-state index is -1.60. The normalized spacial score (nSPS) is 31.1. The summed E-state index contributed by atoms with van der Waals surface area (Å²) in [5, 5.41) is 11.7. The first kappa shape index (κ1) is 68.8. The van der Waals surface area contributed by atoms with Crippen LogP contribution in [0.3, 0.4) is 0 Å². The van der Waals surface area contributed by atoms with Gasteiger partial charge in [0.15, 0.2) is 31.3 Å². The maximum atomic E-state index is 13.0. The Labute approximate surface area is 552 Å². The van der Waals surface area contributed by atoms with Gasteiger partial charge in [0.1, 0.15) is 48.8 Å². The molecule has 4 heterocycles. The second-order valence-electron chi connectivity index (χ2n) is 24.9. The highest BCUT2D eigenvalue weighted by atomic mass is 16.8. The fraction of sp³-hybridized carbons (Fsp3) is 0.442. The first-order chi connectivity index (χ1) is 45.9. The Morgan fingerprint density at radius 1 is 0.330 bits per heavy atom. The molecule has 4 fully saturated rings. The summed E-state index contributed by atoms with van der Waals surface area (Å²) in [7, 11) is 0. The molecule has 7 aromatic carbocycles. The van der Waals surface area contributed by atoms with E-state index in [9.17, 15) is 9.90 Å². The van der Waals surface area contributed by atoms with Crippen molar-refractivity contribution in [3.63, 3.8) is 0 Å². The van der Waals surface area contributed by atoms with Gasteiger partial charge < -0.3 is 76.2 Å². The molecule has 4 aliphatic heterocycles. The number of rotatable bonds is 29. The highest BCUT2D eigenvalue weighted by Crippen LogP contribution is 2.42. The van der Waals surface area contributed by atoms with Crippen LogP contribution in [0.15, 0.2) is 212 Å². The number of aliphatic hydroxyl groups excluding tert-OH is 1. The van der Waals surface area contributed by atoms with E-state index in [0.717, 1.165) is 38.9 Å². The van der Waals surface area contributed by atoms with Crippen LogP contribution in [-0.4, -0.2) is 128 Å². The molecule has 0 bridgehead atoms. The van der Waals surface area contributed by atoms with Gasteiger partial charge in [0.25, 0.3) is 0 Å². The number of ether oxygens (including phenoxy) is 15. The summed E-state index contributed by atoms with van der Waals surface area (Å²) in [5.41, 5.74) is 6.70. The Morgan fingerprint density at radius 2 is 0.638 bits per heavy atom. The van der Waals surface area contributed by atoms with Gasteiger partial charge in [0.05, 0.1) is 83.4 Å². The van der Waals surface area contributed by atoms with Gasteiger partial charge >= 0.3 is 5.97 Å². The topological polar surface area (TPSA) is 176 Å². The quantitative estimate of drug-likeness (QED) is 0.0438. The third-order valence-electron chi connectivity index (χ3n) is 17.8. The number of aliphatic hydroxyl groups is 1. The molecule has 94 heavy (non-hydrogen) atoms. The van der Waals surface area contributed by atoms with E-state index in [1.165, 1.54) is 6.92 Å². The van der Waals surface area contributed by atoms with E-state index in [4.69, 9.17) is 71.1 Å². The van der Waals surface area contributed by atoms with Crippen LogP contribution >= 0.6 is 0 Å². The average molecular weight is 1290 g/mol. The molecule has 0 saturated carbocycles. The lowest BCUT2D eigenvalue weighted by Gasteiger charge is -2.52. The van der Waals surface area contributed by atoms with Crippen molar-refractivity contribution in [1.29, 1.82) is 0 Å². The van der Waals surface area contributed by atoms with Crippen molar-refractivity contribution >= 4 is 5.97 Å². The van der Waals surface area contributed by atoms with E-state index in [1.807, 2.05) is 233 Å². The van der Waals surface area contributed by atoms with Crippen LogP contribution in [0.5, 0.6) is 0 Å². The summed E-state index contributed by atoms with van der Waals surface area (Å²) in [5.74, 6) is -1.73. The van der Waals surface area contributed by atoms with Gasteiger partial charge in [-0.1, -0.05) is 226 Å². The molecule has 0 aromatic heterocycles. The molecule has 7 aromatic rings. The zero-order valence-corrected chi connectivity index (χ0v) is 54.4. The number of carbonyl (C=O) groups is 1. The van der Waals surface area contributed by atoms with Crippen molar-refractivity contribution < 1.29 is 81.0 Å². The molecule has 0 aliphatic carbocycles. The van der Waals surface area contributed by atoms with Crippen LogP contribution < -0.4 is 0 Å². The fourth-order valence-electron chi connectivity index (χ4n) is 12.8. The van der Waals surface area contributed by atoms with Gasteiger partial charge in [-0.2, -0.15) is 0 Å².